The zero-order valence-corrected chi connectivity index (χ0v) is 18.3. The van der Waals surface area contributed by atoms with Gasteiger partial charge in [0.15, 0.2) is 0 Å². The summed E-state index contributed by atoms with van der Waals surface area (Å²) < 4.78 is 7.24. The van der Waals surface area contributed by atoms with Gasteiger partial charge in [-0.2, -0.15) is 0 Å². The Labute approximate surface area is 184 Å². The van der Waals surface area contributed by atoms with Gasteiger partial charge in [-0.15, -0.1) is 0 Å². The summed E-state index contributed by atoms with van der Waals surface area (Å²) in [7, 11) is 0. The van der Waals surface area contributed by atoms with Crippen LogP contribution in [0, 0.1) is 11.3 Å². The van der Waals surface area contributed by atoms with Gasteiger partial charge in [-0.05, 0) is 78.3 Å². The lowest BCUT2D eigenvalue weighted by molar-refractivity contribution is -0.123. The summed E-state index contributed by atoms with van der Waals surface area (Å²) in [6, 6.07) is 8.98. The first-order valence-electron chi connectivity index (χ1n) is 11.9. The Hall–Kier alpha value is -2.45. The van der Waals surface area contributed by atoms with Crippen LogP contribution in [0.15, 0.2) is 78.2 Å². The van der Waals surface area contributed by atoms with Gasteiger partial charge in [0.2, 0.25) is 0 Å². The van der Waals surface area contributed by atoms with E-state index >= 15 is 0 Å². The van der Waals surface area contributed by atoms with E-state index in [2.05, 4.69) is 61.0 Å². The molecule has 2 heteroatoms. The average Bonchev–Trinajstić information content (AvgIpc) is 3.28. The molecule has 2 bridgehead atoms. The van der Waals surface area contributed by atoms with Crippen molar-refractivity contribution in [3.05, 3.63) is 83.7 Å². The third kappa shape index (κ3) is 2.24. The highest BCUT2D eigenvalue weighted by molar-refractivity contribution is 5.87. The fraction of sp³-hybridized carbons (Fsp3) is 0.414. The second kappa shape index (κ2) is 5.86. The highest BCUT2D eigenvalue weighted by atomic mass is 16.5. The van der Waals surface area contributed by atoms with Gasteiger partial charge in [-0.3, -0.25) is 4.98 Å². The molecule has 1 saturated carbocycles. The number of ether oxygens (including phenoxy) is 1. The maximum absolute atomic E-state index is 7.24. The summed E-state index contributed by atoms with van der Waals surface area (Å²) in [5.41, 5.74) is 7.16. The van der Waals surface area contributed by atoms with Gasteiger partial charge in [0.25, 0.3) is 0 Å². The second-order valence-electron chi connectivity index (χ2n) is 10.7. The van der Waals surface area contributed by atoms with Crippen molar-refractivity contribution in [1.82, 2.24) is 4.98 Å². The van der Waals surface area contributed by atoms with Crippen molar-refractivity contribution in [3.8, 4) is 0 Å². The lowest BCUT2D eigenvalue weighted by atomic mass is 9.58. The summed E-state index contributed by atoms with van der Waals surface area (Å²) in [5.74, 6) is 0.506. The zero-order valence-electron chi connectivity index (χ0n) is 18.3. The number of hydrogen-bond acceptors (Lipinski definition) is 2. The smallest absolute Gasteiger partial charge is 0.0981 e. The van der Waals surface area contributed by atoms with Crippen LogP contribution in [0.4, 0.5) is 0 Å². The normalized spacial score (nSPS) is 38.2. The lowest BCUT2D eigenvalue weighted by Crippen LogP contribution is -2.53. The highest BCUT2D eigenvalue weighted by Crippen LogP contribution is 2.67. The Balaban J connectivity index is 1.32. The molecule has 5 aliphatic rings. The molecule has 4 atom stereocenters. The van der Waals surface area contributed by atoms with Crippen LogP contribution < -0.4 is 0 Å². The predicted molar refractivity (Wildman–Crippen MR) is 125 cm³/mol. The Morgan fingerprint density at radius 1 is 1.10 bits per heavy atom. The van der Waals surface area contributed by atoms with Crippen molar-refractivity contribution in [2.75, 3.05) is 0 Å². The molecule has 2 aliphatic heterocycles. The number of benzene rings is 1. The minimum absolute atomic E-state index is 0.0672. The molecule has 3 aliphatic carbocycles. The van der Waals surface area contributed by atoms with Crippen LogP contribution in [0.25, 0.3) is 16.3 Å². The summed E-state index contributed by atoms with van der Waals surface area (Å²) in [4.78, 5) is 4.34. The number of fused-ring (bicyclic) bond motifs is 2. The van der Waals surface area contributed by atoms with Crippen molar-refractivity contribution in [1.29, 1.82) is 0 Å². The van der Waals surface area contributed by atoms with Crippen molar-refractivity contribution in [2.45, 2.75) is 63.1 Å². The fourth-order valence-electron chi connectivity index (χ4n) is 7.62. The summed E-state index contributed by atoms with van der Waals surface area (Å²) in [6.45, 7) is 6.82. The van der Waals surface area contributed by atoms with Crippen LogP contribution in [-0.2, 0) is 4.74 Å². The summed E-state index contributed by atoms with van der Waals surface area (Å²) in [6.07, 6.45) is 19.2. The van der Waals surface area contributed by atoms with Crippen LogP contribution in [0.5, 0.6) is 0 Å². The third-order valence-electron chi connectivity index (χ3n) is 9.17. The molecule has 2 nitrogen and oxygen atoms in total. The maximum atomic E-state index is 7.24. The molecule has 7 rings (SSSR count). The average molecular weight is 408 g/mol. The number of rotatable bonds is 1. The first kappa shape index (κ1) is 18.2. The van der Waals surface area contributed by atoms with Gasteiger partial charge in [0.1, 0.15) is 0 Å². The molecule has 156 valence electrons. The summed E-state index contributed by atoms with van der Waals surface area (Å²) >= 11 is 0. The van der Waals surface area contributed by atoms with E-state index in [4.69, 9.17) is 4.74 Å². The van der Waals surface area contributed by atoms with Gasteiger partial charge in [-0.25, -0.2) is 0 Å². The molecule has 0 unspecified atom stereocenters. The Bertz CT molecular complexity index is 1250. The van der Waals surface area contributed by atoms with Crippen molar-refractivity contribution >= 4 is 16.3 Å². The van der Waals surface area contributed by atoms with Crippen LogP contribution in [0.2, 0.25) is 0 Å². The molecule has 2 aromatic rings. The minimum atomic E-state index is -0.120. The zero-order chi connectivity index (χ0) is 20.8. The second-order valence-corrected chi connectivity index (χ2v) is 10.7. The first-order chi connectivity index (χ1) is 15.0. The molecular formula is C29H29NO. The van der Waals surface area contributed by atoms with Crippen molar-refractivity contribution < 1.29 is 4.74 Å². The molecule has 31 heavy (non-hydrogen) atoms. The SMILES string of the molecule is C=C1CCC2=CC3=CC[C@]4(C)C(c5ccc6ccncc6c5)=CC[C@H]4[C@@]34CC[C@]2(C1)O4. The van der Waals surface area contributed by atoms with E-state index in [-0.39, 0.29) is 16.6 Å². The Kier molecular flexibility index (Phi) is 3.43. The molecule has 0 amide bonds. The largest absolute Gasteiger partial charge is 0.359 e. The van der Waals surface area contributed by atoms with Crippen LogP contribution in [0.3, 0.4) is 0 Å². The van der Waals surface area contributed by atoms with E-state index < -0.39 is 0 Å². The molecule has 1 saturated heterocycles. The van der Waals surface area contributed by atoms with Crippen LogP contribution in [-0.4, -0.2) is 16.2 Å². The topological polar surface area (TPSA) is 22.1 Å². The van der Waals surface area contributed by atoms with E-state index in [1.54, 1.807) is 0 Å². The first-order valence-corrected chi connectivity index (χ1v) is 11.9. The van der Waals surface area contributed by atoms with Gasteiger partial charge < -0.3 is 4.74 Å². The number of allylic oxidation sites excluding steroid dienone is 3. The van der Waals surface area contributed by atoms with Crippen LogP contribution >= 0.6 is 0 Å². The number of hydrogen-bond donors (Lipinski definition) is 0. The molecule has 3 heterocycles. The Morgan fingerprint density at radius 2 is 2.03 bits per heavy atom. The van der Waals surface area contributed by atoms with Gasteiger partial charge >= 0.3 is 0 Å². The monoisotopic (exact) mass is 407 g/mol. The van der Waals surface area contributed by atoms with Crippen LogP contribution in [0.1, 0.15) is 57.4 Å². The standard InChI is InChI=1S/C29H29NO/c1-19-3-6-23-16-24-9-11-27(2)25(21-5-4-20-10-14-30-18-22(20)15-21)7-8-26(27)29(24)13-12-28(23,17-19)31-29/h4-5,7,9-10,14-16,18,26H,1,3,6,8,11-13,17H2,2H3/t26-,27-,28-,29-/m1/s1. The van der Waals surface area contributed by atoms with Gasteiger partial charge in [-0.1, -0.05) is 49.4 Å². The van der Waals surface area contributed by atoms with E-state index in [9.17, 15) is 0 Å². The third-order valence-corrected chi connectivity index (χ3v) is 9.17. The number of pyridine rings is 1. The number of aromatic nitrogens is 1. The van der Waals surface area contributed by atoms with Gasteiger partial charge in [0, 0.05) is 35.5 Å². The van der Waals surface area contributed by atoms with E-state index in [1.807, 2.05) is 12.4 Å². The molecule has 2 spiro atoms. The molecular weight excluding hydrogens is 378 g/mol. The molecule has 1 aromatic carbocycles. The quantitative estimate of drug-likeness (QED) is 0.478. The molecule has 0 radical (unpaired) electrons. The molecule has 2 fully saturated rings. The van der Waals surface area contributed by atoms with Gasteiger partial charge in [0.05, 0.1) is 11.2 Å². The van der Waals surface area contributed by atoms with Crippen molar-refractivity contribution in [2.24, 2.45) is 11.3 Å². The molecule has 1 aromatic heterocycles. The van der Waals surface area contributed by atoms with E-state index in [0.717, 1.165) is 44.9 Å². The Morgan fingerprint density at radius 3 is 2.97 bits per heavy atom. The highest BCUT2D eigenvalue weighted by Gasteiger charge is 2.64. The molecule has 0 N–H and O–H groups in total. The predicted octanol–water partition coefficient (Wildman–Crippen LogP) is 6.94. The fourth-order valence-corrected chi connectivity index (χ4v) is 7.62. The minimum Gasteiger partial charge on any atom is -0.359 e. The number of nitrogens with zero attached hydrogens (tertiary/aromatic N) is 1. The van der Waals surface area contributed by atoms with E-state index in [1.165, 1.54) is 38.6 Å². The van der Waals surface area contributed by atoms with E-state index in [0.29, 0.717) is 5.92 Å². The van der Waals surface area contributed by atoms with Crippen molar-refractivity contribution in [3.63, 3.8) is 0 Å². The maximum Gasteiger partial charge on any atom is 0.0981 e. The lowest BCUT2D eigenvalue weighted by Gasteiger charge is -2.53. The summed E-state index contributed by atoms with van der Waals surface area (Å²) in [5, 5.41) is 2.48.